The van der Waals surface area contributed by atoms with Crippen molar-refractivity contribution in [1.29, 1.82) is 0 Å². The van der Waals surface area contributed by atoms with Gasteiger partial charge < -0.3 is 0 Å². The van der Waals surface area contributed by atoms with Crippen molar-refractivity contribution >= 4 is 37.7 Å². The summed E-state index contributed by atoms with van der Waals surface area (Å²) in [6.07, 6.45) is 0. The van der Waals surface area contributed by atoms with Gasteiger partial charge in [0.15, 0.2) is 0 Å². The number of rotatable bonds is 0. The van der Waals surface area contributed by atoms with Gasteiger partial charge in [0.2, 0.25) is 0 Å². The maximum absolute atomic E-state index is 0. The Labute approximate surface area is 99.0 Å². The van der Waals surface area contributed by atoms with E-state index in [9.17, 15) is 0 Å². The Kier molecular flexibility index (Phi) is 113. The van der Waals surface area contributed by atoms with Crippen molar-refractivity contribution in [2.24, 2.45) is 0 Å². The Balaban J connectivity index is 0. The Morgan fingerprint density at radius 2 is 1.00 bits per heavy atom. The van der Waals surface area contributed by atoms with Gasteiger partial charge in [-0.25, -0.2) is 0 Å². The molecule has 1 nitrogen and oxygen atoms in total. The van der Waals surface area contributed by atoms with Gasteiger partial charge in [-0.3, -0.25) is 0 Å². The zero-order valence-electron chi connectivity index (χ0n) is 1.36. The summed E-state index contributed by atoms with van der Waals surface area (Å²) in [7, 11) is 0. The molecule has 0 N–H and O–H groups in total. The minimum Gasteiger partial charge on any atom is 0 e. The smallest absolute Gasteiger partial charge is 0 e. The normalized spacial score (nSPS) is 0. The zero-order valence-corrected chi connectivity index (χ0v) is 6.25. The van der Waals surface area contributed by atoms with Crippen molar-refractivity contribution in [1.82, 2.24) is 0 Å². The molecule has 0 saturated heterocycles. The van der Waals surface area contributed by atoms with Crippen LogP contribution in [0, 0.1) is 41.3 Å². The Hall–Kier alpha value is 3.10. The van der Waals surface area contributed by atoms with Crippen molar-refractivity contribution < 1.29 is 63.8 Å². The van der Waals surface area contributed by atoms with Crippen LogP contribution < -0.4 is 0 Å². The molecule has 0 fully saturated rings. The molecule has 0 bridgehead atoms. The molecule has 0 atom stereocenters. The molecule has 0 aliphatic rings. The molecule has 0 aromatic heterocycles. The second-order valence-corrected chi connectivity index (χ2v) is 0. The van der Waals surface area contributed by atoms with Gasteiger partial charge in [-0.2, -0.15) is 0 Å². The zero-order chi connectivity index (χ0) is 0. The van der Waals surface area contributed by atoms with E-state index in [4.69, 9.17) is 0 Å². The fourth-order valence-electron chi connectivity index (χ4n) is 0. The molecule has 4 heavy (non-hydrogen) atoms. The van der Waals surface area contributed by atoms with E-state index in [1.165, 1.54) is 0 Å². The van der Waals surface area contributed by atoms with E-state index < -0.39 is 0 Å². The summed E-state index contributed by atoms with van der Waals surface area (Å²) in [5, 5.41) is 0. The standard InChI is InChI=1S/Ca.Mn.O.Pr.2H. The Bertz CT molecular complexity index is 8.00. The summed E-state index contributed by atoms with van der Waals surface area (Å²) in [5.41, 5.74) is 0. The molecule has 0 rings (SSSR count). The number of hydrogen-bond acceptors (Lipinski definition) is 0. The van der Waals surface area contributed by atoms with Crippen molar-refractivity contribution in [3.8, 4) is 0 Å². The third kappa shape index (κ3) is 8.92. The van der Waals surface area contributed by atoms with Crippen LogP contribution in [-0.2, 0) is 22.5 Å². The minimum absolute atomic E-state index is 0. The maximum Gasteiger partial charge on any atom is 0 e. The molecule has 0 spiro atoms. The molecule has 20 valence electrons. The van der Waals surface area contributed by atoms with E-state index in [-0.39, 0.29) is 102 Å². The summed E-state index contributed by atoms with van der Waals surface area (Å²) in [6.45, 7) is 0. The van der Waals surface area contributed by atoms with Crippen molar-refractivity contribution in [3.63, 3.8) is 0 Å². The molecule has 0 heterocycles. The monoisotopic (exact) mass is 254 g/mol. The van der Waals surface area contributed by atoms with Gasteiger partial charge in [0, 0.05) is 63.8 Å². The average molecular weight is 254 g/mol. The first-order valence-corrected chi connectivity index (χ1v) is 0. The summed E-state index contributed by atoms with van der Waals surface area (Å²) < 4.78 is 0. The molecule has 0 aromatic rings. The first kappa shape index (κ1) is 27.5. The molecule has 0 aromatic carbocycles. The first-order chi connectivity index (χ1) is 0. The summed E-state index contributed by atoms with van der Waals surface area (Å²) >= 11 is 0. The minimum atomic E-state index is 0. The predicted molar refractivity (Wildman–Crippen MR) is 9.23 cm³/mol. The van der Waals surface area contributed by atoms with Crippen molar-refractivity contribution in [2.45, 2.75) is 0 Å². The van der Waals surface area contributed by atoms with Crippen molar-refractivity contribution in [3.05, 3.63) is 0 Å². The molecule has 0 aliphatic carbocycles. The molecule has 0 saturated carbocycles. The van der Waals surface area contributed by atoms with Gasteiger partial charge in [-0.1, -0.05) is 0 Å². The van der Waals surface area contributed by atoms with Crippen LogP contribution in [0.5, 0.6) is 0 Å². The second kappa shape index (κ2) is 16.5. The predicted octanol–water partition coefficient (Wildman–Crippen LogP) is -1.04. The SMILES string of the molecule is [CaH2].[Mn].[O].[Pr]. The summed E-state index contributed by atoms with van der Waals surface area (Å²) in [5.74, 6) is 0. The van der Waals surface area contributed by atoms with Crippen LogP contribution >= 0.6 is 0 Å². The topological polar surface area (TPSA) is 28.5 Å². The molecule has 0 aliphatic heterocycles. The first-order valence-electron chi connectivity index (χ1n) is 0. The van der Waals surface area contributed by atoms with E-state index in [0.717, 1.165) is 0 Å². The van der Waals surface area contributed by atoms with Gasteiger partial charge >= 0.3 is 37.7 Å². The number of hydrogen-bond donors (Lipinski definition) is 0. The fourth-order valence-corrected chi connectivity index (χ4v) is 0. The summed E-state index contributed by atoms with van der Waals surface area (Å²) in [4.78, 5) is 0. The average Bonchev–Trinajstić information content (AvgIpc) is 0. The molecule has 4 radical (unpaired) electrons. The van der Waals surface area contributed by atoms with Crippen LogP contribution in [0.4, 0.5) is 0 Å². The molecule has 0 unspecified atom stereocenters. The van der Waals surface area contributed by atoms with Gasteiger partial charge in [-0.05, 0) is 0 Å². The third-order valence-electron chi connectivity index (χ3n) is 0. The second-order valence-electron chi connectivity index (χ2n) is 0. The van der Waals surface area contributed by atoms with Gasteiger partial charge in [0.05, 0.1) is 0 Å². The summed E-state index contributed by atoms with van der Waals surface area (Å²) in [6, 6.07) is 0. The van der Waals surface area contributed by atoms with E-state index in [0.29, 0.717) is 0 Å². The van der Waals surface area contributed by atoms with Crippen LogP contribution in [0.1, 0.15) is 0 Å². The Morgan fingerprint density at radius 1 is 1.00 bits per heavy atom. The molecular formula is H2CaMnOPr. The van der Waals surface area contributed by atoms with Crippen LogP contribution in [-0.4, -0.2) is 37.7 Å². The molecular weight excluding hydrogens is 252 g/mol. The van der Waals surface area contributed by atoms with Gasteiger partial charge in [-0.15, -0.1) is 0 Å². The van der Waals surface area contributed by atoms with Gasteiger partial charge in [0.25, 0.3) is 0 Å². The van der Waals surface area contributed by atoms with Gasteiger partial charge in [0.1, 0.15) is 0 Å². The van der Waals surface area contributed by atoms with E-state index >= 15 is 0 Å². The van der Waals surface area contributed by atoms with Crippen LogP contribution in [0.3, 0.4) is 0 Å². The van der Waals surface area contributed by atoms with E-state index in [1.54, 1.807) is 0 Å². The van der Waals surface area contributed by atoms with E-state index in [1.807, 2.05) is 0 Å². The fraction of sp³-hybridized carbons (Fsp3) is 0. The van der Waals surface area contributed by atoms with Crippen LogP contribution in [0.25, 0.3) is 0 Å². The van der Waals surface area contributed by atoms with Crippen molar-refractivity contribution in [2.75, 3.05) is 0 Å². The quantitative estimate of drug-likeness (QED) is 0.494. The van der Waals surface area contributed by atoms with Crippen LogP contribution in [0.2, 0.25) is 0 Å². The van der Waals surface area contributed by atoms with Crippen LogP contribution in [0.15, 0.2) is 0 Å². The third-order valence-corrected chi connectivity index (χ3v) is 0. The maximum atomic E-state index is 0. The van der Waals surface area contributed by atoms with E-state index in [2.05, 4.69) is 0 Å². The largest absolute Gasteiger partial charge is 0 e. The molecule has 4 heteroatoms. The Morgan fingerprint density at radius 3 is 1.00 bits per heavy atom. The molecule has 0 amide bonds.